The Morgan fingerprint density at radius 1 is 1.35 bits per heavy atom. The molecule has 17 heavy (non-hydrogen) atoms. The Morgan fingerprint density at radius 3 is 2.82 bits per heavy atom. The number of methoxy groups -OCH3 is 1. The van der Waals surface area contributed by atoms with Gasteiger partial charge in [0.2, 0.25) is 0 Å². The molecule has 0 amide bonds. The Morgan fingerprint density at radius 2 is 2.18 bits per heavy atom. The zero-order valence-electron chi connectivity index (χ0n) is 11.2. The summed E-state index contributed by atoms with van der Waals surface area (Å²) in [6.07, 6.45) is 8.38. The summed E-state index contributed by atoms with van der Waals surface area (Å²) in [7, 11) is 1.76. The first-order valence-electron chi connectivity index (χ1n) is 7.12. The first kappa shape index (κ1) is 13.3. The fraction of sp³-hybridized carbons (Fsp3) is 1.00. The maximum absolute atomic E-state index is 5.66. The third-order valence-electron chi connectivity index (χ3n) is 4.36. The lowest BCUT2D eigenvalue weighted by atomic mass is 9.78. The predicted octanol–water partition coefficient (Wildman–Crippen LogP) is 2.21. The van der Waals surface area contributed by atoms with E-state index in [1.54, 1.807) is 7.11 Å². The van der Waals surface area contributed by atoms with E-state index in [4.69, 9.17) is 9.47 Å². The predicted molar refractivity (Wildman–Crippen MR) is 69.2 cm³/mol. The molecule has 0 spiro atoms. The first-order valence-corrected chi connectivity index (χ1v) is 7.12. The minimum atomic E-state index is 0.419. The number of hydrogen-bond donors (Lipinski definition) is 1. The van der Waals surface area contributed by atoms with Crippen LogP contribution in [0.1, 0.15) is 38.5 Å². The van der Waals surface area contributed by atoms with Gasteiger partial charge in [0.15, 0.2) is 0 Å². The van der Waals surface area contributed by atoms with Crippen molar-refractivity contribution in [2.24, 2.45) is 11.3 Å². The summed E-state index contributed by atoms with van der Waals surface area (Å²) in [4.78, 5) is 0. The van der Waals surface area contributed by atoms with E-state index in [0.717, 1.165) is 38.8 Å². The molecule has 1 N–H and O–H groups in total. The van der Waals surface area contributed by atoms with Gasteiger partial charge in [0.25, 0.3) is 0 Å². The van der Waals surface area contributed by atoms with Gasteiger partial charge in [-0.3, -0.25) is 0 Å². The molecule has 1 unspecified atom stereocenters. The van der Waals surface area contributed by atoms with Crippen molar-refractivity contribution in [2.45, 2.75) is 38.5 Å². The van der Waals surface area contributed by atoms with Gasteiger partial charge in [-0.05, 0) is 18.8 Å². The summed E-state index contributed by atoms with van der Waals surface area (Å²) in [5.41, 5.74) is 0.419. The van der Waals surface area contributed by atoms with Gasteiger partial charge in [0.05, 0.1) is 13.2 Å². The Bertz CT molecular complexity index is 208. The topological polar surface area (TPSA) is 30.5 Å². The lowest BCUT2D eigenvalue weighted by molar-refractivity contribution is 0.127. The van der Waals surface area contributed by atoms with Gasteiger partial charge in [-0.1, -0.05) is 25.7 Å². The van der Waals surface area contributed by atoms with E-state index in [1.807, 2.05) is 0 Å². The van der Waals surface area contributed by atoms with Crippen LogP contribution in [0.25, 0.3) is 0 Å². The third-order valence-corrected chi connectivity index (χ3v) is 4.36. The Kier molecular flexibility index (Phi) is 5.26. The molecule has 1 atom stereocenters. The van der Waals surface area contributed by atoms with Crippen molar-refractivity contribution in [3.8, 4) is 0 Å². The largest absolute Gasteiger partial charge is 0.383 e. The summed E-state index contributed by atoms with van der Waals surface area (Å²) in [5, 5.41) is 3.54. The molecule has 1 aliphatic carbocycles. The SMILES string of the molecule is COCCNCC1(CC2CCCC2)CCOC1. The maximum atomic E-state index is 5.66. The maximum Gasteiger partial charge on any atom is 0.0587 e. The fourth-order valence-electron chi connectivity index (χ4n) is 3.38. The molecule has 3 nitrogen and oxygen atoms in total. The zero-order chi connectivity index (χ0) is 12.0. The zero-order valence-corrected chi connectivity index (χ0v) is 11.2. The van der Waals surface area contributed by atoms with Gasteiger partial charge in [-0.25, -0.2) is 0 Å². The van der Waals surface area contributed by atoms with Crippen LogP contribution >= 0.6 is 0 Å². The molecular weight excluding hydrogens is 214 g/mol. The lowest BCUT2D eigenvalue weighted by Gasteiger charge is -2.30. The highest BCUT2D eigenvalue weighted by atomic mass is 16.5. The summed E-state index contributed by atoms with van der Waals surface area (Å²) < 4.78 is 10.7. The highest BCUT2D eigenvalue weighted by Crippen LogP contribution is 2.40. The van der Waals surface area contributed by atoms with E-state index in [9.17, 15) is 0 Å². The van der Waals surface area contributed by atoms with Crippen molar-refractivity contribution in [3.05, 3.63) is 0 Å². The number of nitrogens with one attached hydrogen (secondary N) is 1. The summed E-state index contributed by atoms with van der Waals surface area (Å²) in [5.74, 6) is 0.959. The Hall–Kier alpha value is -0.120. The van der Waals surface area contributed by atoms with Crippen LogP contribution in [-0.2, 0) is 9.47 Å². The smallest absolute Gasteiger partial charge is 0.0587 e. The molecule has 1 saturated heterocycles. The Labute approximate surface area is 105 Å². The van der Waals surface area contributed by atoms with Gasteiger partial charge >= 0.3 is 0 Å². The normalized spacial score (nSPS) is 30.2. The van der Waals surface area contributed by atoms with Gasteiger partial charge in [-0.15, -0.1) is 0 Å². The van der Waals surface area contributed by atoms with E-state index in [1.165, 1.54) is 38.5 Å². The second kappa shape index (κ2) is 6.72. The standard InChI is InChI=1S/C14H27NO2/c1-16-9-7-15-11-14(6-8-17-12-14)10-13-4-2-3-5-13/h13,15H,2-12H2,1H3. The van der Waals surface area contributed by atoms with Gasteiger partial charge < -0.3 is 14.8 Å². The van der Waals surface area contributed by atoms with Crippen LogP contribution in [0.4, 0.5) is 0 Å². The molecule has 3 heteroatoms. The molecule has 0 bridgehead atoms. The average Bonchev–Trinajstić information content (AvgIpc) is 2.98. The van der Waals surface area contributed by atoms with Crippen LogP contribution in [0, 0.1) is 11.3 Å². The van der Waals surface area contributed by atoms with Crippen LogP contribution in [0.3, 0.4) is 0 Å². The summed E-state index contributed by atoms with van der Waals surface area (Å²) >= 11 is 0. The third kappa shape index (κ3) is 3.94. The van der Waals surface area contributed by atoms with Gasteiger partial charge in [0, 0.05) is 32.2 Å². The van der Waals surface area contributed by atoms with E-state index in [2.05, 4.69) is 5.32 Å². The molecule has 2 aliphatic rings. The molecular formula is C14H27NO2. The van der Waals surface area contributed by atoms with E-state index < -0.39 is 0 Å². The van der Waals surface area contributed by atoms with Gasteiger partial charge in [0.1, 0.15) is 0 Å². The molecule has 1 heterocycles. The monoisotopic (exact) mass is 241 g/mol. The highest BCUT2D eigenvalue weighted by Gasteiger charge is 2.37. The first-order chi connectivity index (χ1) is 8.35. The minimum absolute atomic E-state index is 0.419. The van der Waals surface area contributed by atoms with Crippen LogP contribution in [0.15, 0.2) is 0 Å². The highest BCUT2D eigenvalue weighted by molar-refractivity contribution is 4.88. The van der Waals surface area contributed by atoms with Crippen molar-refractivity contribution < 1.29 is 9.47 Å². The van der Waals surface area contributed by atoms with Crippen molar-refractivity contribution in [1.82, 2.24) is 5.32 Å². The van der Waals surface area contributed by atoms with Crippen molar-refractivity contribution in [3.63, 3.8) is 0 Å². The second-order valence-electron chi connectivity index (χ2n) is 5.83. The van der Waals surface area contributed by atoms with Crippen molar-refractivity contribution in [2.75, 3.05) is 40.0 Å². The van der Waals surface area contributed by atoms with Gasteiger partial charge in [-0.2, -0.15) is 0 Å². The molecule has 2 rings (SSSR count). The minimum Gasteiger partial charge on any atom is -0.383 e. The van der Waals surface area contributed by atoms with Crippen molar-refractivity contribution in [1.29, 1.82) is 0 Å². The van der Waals surface area contributed by atoms with E-state index >= 15 is 0 Å². The summed E-state index contributed by atoms with van der Waals surface area (Å²) in [6.45, 7) is 4.79. The Balaban J connectivity index is 1.76. The van der Waals surface area contributed by atoms with Crippen LogP contribution < -0.4 is 5.32 Å². The number of rotatable bonds is 7. The number of hydrogen-bond acceptors (Lipinski definition) is 3. The average molecular weight is 241 g/mol. The lowest BCUT2D eigenvalue weighted by Crippen LogP contribution is -2.37. The molecule has 2 fully saturated rings. The quantitative estimate of drug-likeness (QED) is 0.693. The number of ether oxygens (including phenoxy) is 2. The van der Waals surface area contributed by atoms with E-state index in [0.29, 0.717) is 5.41 Å². The molecule has 1 saturated carbocycles. The fourth-order valence-corrected chi connectivity index (χ4v) is 3.38. The molecule has 0 aromatic rings. The molecule has 0 aromatic carbocycles. The van der Waals surface area contributed by atoms with Crippen LogP contribution in [0.2, 0.25) is 0 Å². The van der Waals surface area contributed by atoms with Crippen LogP contribution in [0.5, 0.6) is 0 Å². The molecule has 1 aliphatic heterocycles. The molecule has 100 valence electrons. The second-order valence-corrected chi connectivity index (χ2v) is 5.83. The van der Waals surface area contributed by atoms with Crippen molar-refractivity contribution >= 4 is 0 Å². The summed E-state index contributed by atoms with van der Waals surface area (Å²) in [6, 6.07) is 0. The molecule has 0 radical (unpaired) electrons. The molecule has 0 aromatic heterocycles. The van der Waals surface area contributed by atoms with E-state index in [-0.39, 0.29) is 0 Å². The van der Waals surface area contributed by atoms with Crippen LogP contribution in [-0.4, -0.2) is 40.0 Å².